The summed E-state index contributed by atoms with van der Waals surface area (Å²) in [7, 11) is 0. The van der Waals surface area contributed by atoms with E-state index >= 15 is 0 Å². The van der Waals surface area contributed by atoms with Crippen LogP contribution in [0.5, 0.6) is 0 Å². The Kier molecular flexibility index (Phi) is 4.56. The van der Waals surface area contributed by atoms with E-state index in [2.05, 4.69) is 15.1 Å². The molecule has 0 N–H and O–H groups in total. The predicted molar refractivity (Wildman–Crippen MR) is 108 cm³/mol. The molecule has 0 aliphatic carbocycles. The minimum atomic E-state index is -0.187. The van der Waals surface area contributed by atoms with Crippen LogP contribution in [-0.2, 0) is 5.75 Å². The van der Waals surface area contributed by atoms with Gasteiger partial charge in [0, 0.05) is 17.8 Å². The van der Waals surface area contributed by atoms with Crippen LogP contribution in [0.3, 0.4) is 0 Å². The second-order valence-electron chi connectivity index (χ2n) is 6.40. The number of aromatic nitrogens is 5. The van der Waals surface area contributed by atoms with E-state index in [1.54, 1.807) is 17.6 Å². The molecule has 9 heteroatoms. The van der Waals surface area contributed by atoms with Crippen molar-refractivity contribution in [1.82, 2.24) is 24.1 Å². The molecule has 0 aliphatic heterocycles. The summed E-state index contributed by atoms with van der Waals surface area (Å²) in [6.45, 7) is 5.72. The van der Waals surface area contributed by atoms with Crippen molar-refractivity contribution in [2.45, 2.75) is 37.7 Å². The van der Waals surface area contributed by atoms with Crippen LogP contribution in [0.15, 0.2) is 45.1 Å². The molecule has 0 amide bonds. The summed E-state index contributed by atoms with van der Waals surface area (Å²) in [5.41, 5.74) is 1.12. The molecule has 0 spiro atoms. The summed E-state index contributed by atoms with van der Waals surface area (Å²) in [5.74, 6) is 0.504. The first-order chi connectivity index (χ1) is 12.9. The lowest BCUT2D eigenvalue weighted by Crippen LogP contribution is -2.25. The highest BCUT2D eigenvalue weighted by atomic mass is 32.2. The molecule has 27 heavy (non-hydrogen) atoms. The molecule has 7 nitrogen and oxygen atoms in total. The van der Waals surface area contributed by atoms with Crippen LogP contribution >= 0.6 is 23.1 Å². The Morgan fingerprint density at radius 3 is 2.74 bits per heavy atom. The van der Waals surface area contributed by atoms with Crippen molar-refractivity contribution in [3.8, 4) is 0 Å². The van der Waals surface area contributed by atoms with Crippen LogP contribution in [0.2, 0.25) is 0 Å². The van der Waals surface area contributed by atoms with Gasteiger partial charge in [0.05, 0.1) is 16.7 Å². The van der Waals surface area contributed by atoms with E-state index in [1.807, 2.05) is 32.0 Å². The molecule has 1 aromatic carbocycles. The molecule has 0 radical (unpaired) electrons. The maximum absolute atomic E-state index is 12.9. The highest BCUT2D eigenvalue weighted by Gasteiger charge is 2.15. The van der Waals surface area contributed by atoms with Gasteiger partial charge in [0.25, 0.3) is 11.1 Å². The van der Waals surface area contributed by atoms with Crippen molar-refractivity contribution in [1.29, 1.82) is 0 Å². The number of fused-ring (bicyclic) bond motifs is 2. The lowest BCUT2D eigenvalue weighted by molar-refractivity contribution is 0.519. The quantitative estimate of drug-likeness (QED) is 0.387. The lowest BCUT2D eigenvalue weighted by atomic mass is 10.2. The van der Waals surface area contributed by atoms with Gasteiger partial charge in [-0.3, -0.25) is 14.2 Å². The molecule has 0 aliphatic rings. The fourth-order valence-corrected chi connectivity index (χ4v) is 4.89. The summed E-state index contributed by atoms with van der Waals surface area (Å²) in [5, 5.41) is 6.36. The van der Waals surface area contributed by atoms with E-state index in [0.29, 0.717) is 32.5 Å². The Bertz CT molecular complexity index is 1270. The SMILES string of the molecule is Cc1cc(=O)n2nc(CSc3nc4ccccc4c(=O)n3C(C)C)sc2n1. The smallest absolute Gasteiger partial charge is 0.275 e. The maximum Gasteiger partial charge on any atom is 0.275 e. The van der Waals surface area contributed by atoms with Crippen LogP contribution in [0.1, 0.15) is 30.6 Å². The van der Waals surface area contributed by atoms with Crippen LogP contribution in [0, 0.1) is 6.92 Å². The number of hydrogen-bond donors (Lipinski definition) is 0. The molecule has 3 heterocycles. The van der Waals surface area contributed by atoms with E-state index in [9.17, 15) is 9.59 Å². The topological polar surface area (TPSA) is 82.2 Å². The highest BCUT2D eigenvalue weighted by Crippen LogP contribution is 2.26. The number of hydrogen-bond acceptors (Lipinski definition) is 7. The molecular weight excluding hydrogens is 382 g/mol. The minimum absolute atomic E-state index is 0.0144. The summed E-state index contributed by atoms with van der Waals surface area (Å²) in [6, 6.07) is 8.80. The number of rotatable bonds is 4. The van der Waals surface area contributed by atoms with Crippen LogP contribution < -0.4 is 11.1 Å². The van der Waals surface area contributed by atoms with Gasteiger partial charge in [-0.25, -0.2) is 9.97 Å². The zero-order chi connectivity index (χ0) is 19.1. The average Bonchev–Trinajstić information content (AvgIpc) is 3.03. The third-order valence-corrected chi connectivity index (χ3v) is 6.09. The molecule has 0 unspecified atom stereocenters. The van der Waals surface area contributed by atoms with Crippen molar-refractivity contribution in [3.05, 3.63) is 61.7 Å². The van der Waals surface area contributed by atoms with Crippen molar-refractivity contribution in [2.24, 2.45) is 0 Å². The predicted octanol–water partition coefficient (Wildman–Crippen LogP) is 3.04. The van der Waals surface area contributed by atoms with Gasteiger partial charge >= 0.3 is 0 Å². The molecule has 0 atom stereocenters. The van der Waals surface area contributed by atoms with E-state index in [0.717, 1.165) is 5.01 Å². The average molecular weight is 400 g/mol. The zero-order valence-corrected chi connectivity index (χ0v) is 16.7. The van der Waals surface area contributed by atoms with Gasteiger partial charge in [0.2, 0.25) is 4.96 Å². The molecule has 4 aromatic rings. The standard InChI is InChI=1S/C18H17N5O2S2/c1-10(2)22-16(25)12-6-4-5-7-13(12)20-17(22)26-9-14-21-23-15(24)8-11(3)19-18(23)27-14/h4-8,10H,9H2,1-3H3. The van der Waals surface area contributed by atoms with E-state index < -0.39 is 0 Å². The summed E-state index contributed by atoms with van der Waals surface area (Å²) < 4.78 is 3.02. The van der Waals surface area contributed by atoms with Crippen molar-refractivity contribution < 1.29 is 0 Å². The number of para-hydroxylation sites is 1. The normalized spacial score (nSPS) is 11.7. The molecule has 4 rings (SSSR count). The van der Waals surface area contributed by atoms with Gasteiger partial charge in [0.15, 0.2) is 5.16 Å². The molecular formula is C18H17N5O2S2. The Morgan fingerprint density at radius 2 is 1.96 bits per heavy atom. The Morgan fingerprint density at radius 1 is 1.19 bits per heavy atom. The van der Waals surface area contributed by atoms with Gasteiger partial charge in [-0.05, 0) is 32.9 Å². The fourth-order valence-electron chi connectivity index (χ4n) is 2.83. The largest absolute Gasteiger partial charge is 0.285 e. The van der Waals surface area contributed by atoms with Gasteiger partial charge in [-0.15, -0.1) is 0 Å². The Balaban J connectivity index is 1.73. The molecule has 0 bridgehead atoms. The van der Waals surface area contributed by atoms with Crippen molar-refractivity contribution in [2.75, 3.05) is 0 Å². The second kappa shape index (κ2) is 6.90. The summed E-state index contributed by atoms with van der Waals surface area (Å²) in [4.78, 5) is 34.5. The van der Waals surface area contributed by atoms with Crippen LogP contribution in [0.25, 0.3) is 15.9 Å². The third-order valence-electron chi connectivity index (χ3n) is 4.03. The first kappa shape index (κ1) is 17.9. The highest BCUT2D eigenvalue weighted by molar-refractivity contribution is 7.98. The summed E-state index contributed by atoms with van der Waals surface area (Å²) >= 11 is 2.81. The van der Waals surface area contributed by atoms with Gasteiger partial charge in [0.1, 0.15) is 5.01 Å². The number of aryl methyl sites for hydroxylation is 1. The van der Waals surface area contributed by atoms with E-state index in [4.69, 9.17) is 0 Å². The van der Waals surface area contributed by atoms with Gasteiger partial charge < -0.3 is 0 Å². The van der Waals surface area contributed by atoms with Crippen LogP contribution in [-0.4, -0.2) is 24.1 Å². The number of thioether (sulfide) groups is 1. The van der Waals surface area contributed by atoms with Gasteiger partial charge in [-0.1, -0.05) is 35.2 Å². The van der Waals surface area contributed by atoms with Crippen molar-refractivity contribution >= 4 is 39.0 Å². The van der Waals surface area contributed by atoms with Gasteiger partial charge in [-0.2, -0.15) is 9.61 Å². The lowest BCUT2D eigenvalue weighted by Gasteiger charge is -2.15. The Labute approximate surface area is 162 Å². The molecule has 3 aromatic heterocycles. The third kappa shape index (κ3) is 3.28. The second-order valence-corrected chi connectivity index (χ2v) is 8.38. The maximum atomic E-state index is 12.9. The van der Waals surface area contributed by atoms with E-state index in [1.165, 1.54) is 33.7 Å². The monoisotopic (exact) mass is 399 g/mol. The fraction of sp³-hybridized carbons (Fsp3) is 0.278. The summed E-state index contributed by atoms with van der Waals surface area (Å²) in [6.07, 6.45) is 0. The molecule has 138 valence electrons. The first-order valence-corrected chi connectivity index (χ1v) is 10.2. The van der Waals surface area contributed by atoms with Crippen LogP contribution in [0.4, 0.5) is 0 Å². The molecule has 0 saturated carbocycles. The zero-order valence-electron chi connectivity index (χ0n) is 15.0. The van der Waals surface area contributed by atoms with Crippen molar-refractivity contribution in [3.63, 3.8) is 0 Å². The minimum Gasteiger partial charge on any atom is -0.285 e. The first-order valence-electron chi connectivity index (χ1n) is 8.44. The van der Waals surface area contributed by atoms with E-state index in [-0.39, 0.29) is 17.2 Å². The number of benzene rings is 1. The molecule has 0 fully saturated rings. The Hall–Kier alpha value is -2.52. The molecule has 0 saturated heterocycles. The number of nitrogens with zero attached hydrogens (tertiary/aromatic N) is 5.